The second-order valence-corrected chi connectivity index (χ2v) is 6.57. The van der Waals surface area contributed by atoms with Gasteiger partial charge in [-0.3, -0.25) is 4.90 Å². The molecular formula is C20H27NO2. The third-order valence-electron chi connectivity index (χ3n) is 4.21. The van der Waals surface area contributed by atoms with E-state index in [2.05, 4.69) is 25.7 Å². The molecule has 1 aromatic carbocycles. The van der Waals surface area contributed by atoms with Gasteiger partial charge in [-0.05, 0) is 44.1 Å². The third-order valence-corrected chi connectivity index (χ3v) is 4.21. The highest BCUT2D eigenvalue weighted by Crippen LogP contribution is 2.28. The zero-order chi connectivity index (χ0) is 16.7. The number of carbonyl (C=O) groups is 1. The molecule has 0 saturated carbocycles. The van der Waals surface area contributed by atoms with Crippen molar-refractivity contribution in [1.29, 1.82) is 0 Å². The van der Waals surface area contributed by atoms with Crippen LogP contribution in [0, 0.1) is 17.8 Å². The predicted molar refractivity (Wildman–Crippen MR) is 92.8 cm³/mol. The molecule has 3 nitrogen and oxygen atoms in total. The summed E-state index contributed by atoms with van der Waals surface area (Å²) in [5.41, 5.74) is 1.01. The molecule has 1 aliphatic heterocycles. The Hall–Kier alpha value is -1.95. The van der Waals surface area contributed by atoms with Gasteiger partial charge in [-0.2, -0.15) is 0 Å². The first-order chi connectivity index (χ1) is 11.1. The number of nitrogens with zero attached hydrogens (tertiary/aromatic N) is 1. The predicted octanol–water partition coefficient (Wildman–Crippen LogP) is 4.62. The fourth-order valence-electron chi connectivity index (χ4n) is 3.23. The molecule has 1 amide bonds. The van der Waals surface area contributed by atoms with E-state index in [0.29, 0.717) is 12.5 Å². The van der Waals surface area contributed by atoms with Crippen LogP contribution in [0.5, 0.6) is 0 Å². The molecule has 1 aromatic rings. The zero-order valence-electron chi connectivity index (χ0n) is 14.4. The van der Waals surface area contributed by atoms with Gasteiger partial charge in [0.15, 0.2) is 0 Å². The van der Waals surface area contributed by atoms with E-state index < -0.39 is 0 Å². The lowest BCUT2D eigenvalue weighted by Crippen LogP contribution is -2.50. The zero-order valence-corrected chi connectivity index (χ0v) is 14.4. The molecule has 0 unspecified atom stereocenters. The number of hydrogen-bond acceptors (Lipinski definition) is 2. The Kier molecular flexibility index (Phi) is 6.52. The van der Waals surface area contributed by atoms with Gasteiger partial charge in [-0.25, -0.2) is 4.79 Å². The molecule has 1 saturated heterocycles. The summed E-state index contributed by atoms with van der Waals surface area (Å²) in [5.74, 6) is 6.72. The van der Waals surface area contributed by atoms with Crippen molar-refractivity contribution < 1.29 is 9.53 Å². The van der Waals surface area contributed by atoms with E-state index >= 15 is 0 Å². The number of ether oxygens (including phenoxy) is 1. The molecule has 0 radical (unpaired) electrons. The minimum atomic E-state index is -0.230. The summed E-state index contributed by atoms with van der Waals surface area (Å²) in [6.45, 7) is 6.54. The second kappa shape index (κ2) is 8.62. The van der Waals surface area contributed by atoms with Crippen LogP contribution in [0.1, 0.15) is 52.0 Å². The van der Waals surface area contributed by atoms with Crippen LogP contribution in [0.4, 0.5) is 4.79 Å². The van der Waals surface area contributed by atoms with Gasteiger partial charge in [0.1, 0.15) is 6.61 Å². The van der Waals surface area contributed by atoms with Crippen LogP contribution < -0.4 is 0 Å². The van der Waals surface area contributed by atoms with E-state index in [1.807, 2.05) is 42.2 Å². The largest absolute Gasteiger partial charge is 0.445 e. The van der Waals surface area contributed by atoms with E-state index in [9.17, 15) is 4.79 Å². The maximum atomic E-state index is 12.7. The highest BCUT2D eigenvalue weighted by Gasteiger charge is 2.34. The summed E-state index contributed by atoms with van der Waals surface area (Å²) in [5, 5.41) is 0. The molecule has 0 aliphatic carbocycles. The van der Waals surface area contributed by atoms with E-state index in [1.165, 1.54) is 0 Å². The van der Waals surface area contributed by atoms with Crippen LogP contribution in [-0.2, 0) is 11.3 Å². The molecular weight excluding hydrogens is 286 g/mol. The summed E-state index contributed by atoms with van der Waals surface area (Å²) in [6, 6.07) is 10.0. The monoisotopic (exact) mass is 313 g/mol. The van der Waals surface area contributed by atoms with E-state index in [1.54, 1.807) is 0 Å². The van der Waals surface area contributed by atoms with Gasteiger partial charge in [-0.15, -0.1) is 5.92 Å². The molecule has 0 spiro atoms. The smallest absolute Gasteiger partial charge is 0.411 e. The summed E-state index contributed by atoms with van der Waals surface area (Å²) in [6.07, 6.45) is 3.88. The Morgan fingerprint density at radius 1 is 1.30 bits per heavy atom. The van der Waals surface area contributed by atoms with Crippen LogP contribution >= 0.6 is 0 Å². The fourth-order valence-corrected chi connectivity index (χ4v) is 3.23. The summed E-state index contributed by atoms with van der Waals surface area (Å²) in [7, 11) is 0. The van der Waals surface area contributed by atoms with Crippen molar-refractivity contribution in [3.63, 3.8) is 0 Å². The lowest BCUT2D eigenvalue weighted by atomic mass is 9.90. The number of hydrogen-bond donors (Lipinski definition) is 0. The molecule has 124 valence electrons. The number of likely N-dealkylation sites (tertiary alicyclic amines) is 1. The summed E-state index contributed by atoms with van der Waals surface area (Å²) >= 11 is 0. The van der Waals surface area contributed by atoms with Crippen molar-refractivity contribution in [1.82, 2.24) is 4.90 Å². The van der Waals surface area contributed by atoms with Gasteiger partial charge in [-0.1, -0.05) is 50.1 Å². The standard InChI is InChI=1S/C20H27NO2/c1-4-9-18-12-8-13-19(14-16(2)3)21(18)20(22)23-15-17-10-6-5-7-11-17/h5-7,10-11,16,18-19H,8,12-15H2,1-3H3/t18-,19-/m0/s1. The second-order valence-electron chi connectivity index (χ2n) is 6.57. The van der Waals surface area contributed by atoms with Crippen molar-refractivity contribution in [2.45, 2.75) is 65.1 Å². The molecule has 3 heteroatoms. The van der Waals surface area contributed by atoms with Crippen LogP contribution in [-0.4, -0.2) is 23.1 Å². The first kappa shape index (κ1) is 17.4. The molecule has 2 atom stereocenters. The van der Waals surface area contributed by atoms with Crippen LogP contribution in [0.2, 0.25) is 0 Å². The van der Waals surface area contributed by atoms with Crippen molar-refractivity contribution in [3.8, 4) is 11.8 Å². The summed E-state index contributed by atoms with van der Waals surface area (Å²) < 4.78 is 5.58. The number of rotatable bonds is 4. The van der Waals surface area contributed by atoms with Crippen molar-refractivity contribution in [3.05, 3.63) is 35.9 Å². The van der Waals surface area contributed by atoms with Crippen molar-refractivity contribution in [2.75, 3.05) is 0 Å². The average molecular weight is 313 g/mol. The molecule has 0 aromatic heterocycles. The van der Waals surface area contributed by atoms with Crippen LogP contribution in [0.3, 0.4) is 0 Å². The minimum absolute atomic E-state index is 0.0132. The van der Waals surface area contributed by atoms with Gasteiger partial charge >= 0.3 is 6.09 Å². The highest BCUT2D eigenvalue weighted by molar-refractivity contribution is 5.69. The lowest BCUT2D eigenvalue weighted by Gasteiger charge is -2.40. The number of carbonyl (C=O) groups excluding carboxylic acids is 1. The number of amides is 1. The van der Waals surface area contributed by atoms with E-state index in [4.69, 9.17) is 4.74 Å². The first-order valence-electron chi connectivity index (χ1n) is 8.53. The normalized spacial score (nSPS) is 20.8. The molecule has 1 heterocycles. The lowest BCUT2D eigenvalue weighted by molar-refractivity contribution is 0.0493. The molecule has 23 heavy (non-hydrogen) atoms. The Labute approximate surface area is 140 Å². The molecule has 1 aliphatic rings. The third kappa shape index (κ3) is 5.03. The van der Waals surface area contributed by atoms with Gasteiger partial charge in [0.05, 0.1) is 6.04 Å². The van der Waals surface area contributed by atoms with Crippen LogP contribution in [0.25, 0.3) is 0 Å². The van der Waals surface area contributed by atoms with Gasteiger partial charge < -0.3 is 4.74 Å². The SMILES string of the molecule is CC#C[C@H]1CCC[C@@H](CC(C)C)N1C(=O)OCc1ccccc1. The maximum Gasteiger partial charge on any atom is 0.411 e. The highest BCUT2D eigenvalue weighted by atomic mass is 16.6. The Balaban J connectivity index is 2.07. The topological polar surface area (TPSA) is 29.5 Å². The fraction of sp³-hybridized carbons (Fsp3) is 0.550. The molecule has 2 rings (SSSR count). The van der Waals surface area contributed by atoms with Crippen molar-refractivity contribution in [2.24, 2.45) is 5.92 Å². The van der Waals surface area contributed by atoms with E-state index in [-0.39, 0.29) is 18.2 Å². The van der Waals surface area contributed by atoms with Gasteiger partial charge in [0.2, 0.25) is 0 Å². The van der Waals surface area contributed by atoms with Crippen molar-refractivity contribution >= 4 is 6.09 Å². The quantitative estimate of drug-likeness (QED) is 0.759. The number of benzene rings is 1. The first-order valence-corrected chi connectivity index (χ1v) is 8.53. The Morgan fingerprint density at radius 2 is 2.04 bits per heavy atom. The Bertz CT molecular complexity index is 556. The molecule has 0 bridgehead atoms. The molecule has 1 fully saturated rings. The van der Waals surface area contributed by atoms with E-state index in [0.717, 1.165) is 31.2 Å². The van der Waals surface area contributed by atoms with Gasteiger partial charge in [0, 0.05) is 6.04 Å². The summed E-state index contributed by atoms with van der Waals surface area (Å²) in [4.78, 5) is 14.6. The average Bonchev–Trinajstić information content (AvgIpc) is 2.53. The van der Waals surface area contributed by atoms with Gasteiger partial charge in [0.25, 0.3) is 0 Å². The maximum absolute atomic E-state index is 12.7. The molecule has 0 N–H and O–H groups in total. The number of piperidine rings is 1. The van der Waals surface area contributed by atoms with Crippen LogP contribution in [0.15, 0.2) is 30.3 Å². The Morgan fingerprint density at radius 3 is 2.70 bits per heavy atom. The minimum Gasteiger partial charge on any atom is -0.445 e.